The number of rotatable bonds is 5. The molecule has 19 heavy (non-hydrogen) atoms. The molecule has 11 nitrogen and oxygen atoms in total. The molecule has 0 saturated carbocycles. The predicted molar refractivity (Wildman–Crippen MR) is 61.9 cm³/mol. The number of non-ortho nitro benzene ring substituents is 1. The Morgan fingerprint density at radius 3 is 1.63 bits per heavy atom. The van der Waals surface area contributed by atoms with Gasteiger partial charge in [-0.15, -0.1) is 0 Å². The third-order valence-electron chi connectivity index (χ3n) is 1.96. The first-order chi connectivity index (χ1) is 8.73. The van der Waals surface area contributed by atoms with Crippen molar-refractivity contribution in [3.05, 3.63) is 42.5 Å². The summed E-state index contributed by atoms with van der Waals surface area (Å²) in [5.74, 6) is 0. The summed E-state index contributed by atoms with van der Waals surface area (Å²) in [6, 6.07) is 1.27. The molecule has 1 rings (SSSR count). The monoisotopic (exact) mass is 270 g/mol. The van der Waals surface area contributed by atoms with Gasteiger partial charge in [-0.25, -0.2) is 5.01 Å². The average Bonchev–Trinajstić information content (AvgIpc) is 2.27. The third kappa shape index (κ3) is 3.10. The summed E-state index contributed by atoms with van der Waals surface area (Å²) in [4.78, 5) is 29.4. The first-order valence-electron chi connectivity index (χ1n) is 4.74. The van der Waals surface area contributed by atoms with Crippen LogP contribution in [0, 0.1) is 30.3 Å². The van der Waals surface area contributed by atoms with Crippen molar-refractivity contribution in [1.82, 2.24) is 10.4 Å². The zero-order valence-electron chi connectivity index (χ0n) is 9.84. The fourth-order valence-corrected chi connectivity index (χ4v) is 1.28. The molecular formula is C8H8N5O6. The molecule has 11 heteroatoms. The van der Waals surface area contributed by atoms with E-state index in [4.69, 9.17) is 0 Å². The smallest absolute Gasteiger partial charge is 0.258 e. The van der Waals surface area contributed by atoms with E-state index in [1.807, 2.05) is 0 Å². The lowest BCUT2D eigenvalue weighted by atomic mass is 10.2. The molecule has 0 heterocycles. The summed E-state index contributed by atoms with van der Waals surface area (Å²) in [6.45, 7) is 0. The number of nitrogens with zero attached hydrogens (tertiary/aromatic N) is 5. The van der Waals surface area contributed by atoms with E-state index >= 15 is 0 Å². The van der Waals surface area contributed by atoms with Crippen LogP contribution in [0.3, 0.4) is 0 Å². The number of hydrogen-bond donors (Lipinski definition) is 0. The second-order valence-electron chi connectivity index (χ2n) is 3.55. The fourth-order valence-electron chi connectivity index (χ4n) is 1.28. The Morgan fingerprint density at radius 2 is 1.37 bits per heavy atom. The van der Waals surface area contributed by atoms with Crippen molar-refractivity contribution >= 4 is 22.7 Å². The first kappa shape index (κ1) is 14.2. The van der Waals surface area contributed by atoms with Gasteiger partial charge in [-0.3, -0.25) is 30.3 Å². The number of nitro benzene ring substituents is 3. The zero-order chi connectivity index (χ0) is 14.7. The lowest BCUT2D eigenvalue weighted by molar-refractivity contribution is -0.402. The summed E-state index contributed by atoms with van der Waals surface area (Å²) in [5.41, 5.74) is 0.760. The van der Waals surface area contributed by atoms with E-state index in [1.165, 1.54) is 14.1 Å². The van der Waals surface area contributed by atoms with E-state index < -0.39 is 37.5 Å². The van der Waals surface area contributed by atoms with E-state index in [0.717, 1.165) is 5.01 Å². The minimum Gasteiger partial charge on any atom is -0.258 e. The van der Waals surface area contributed by atoms with Gasteiger partial charge in [-0.1, -0.05) is 0 Å². The van der Waals surface area contributed by atoms with Gasteiger partial charge in [0.2, 0.25) is 5.69 Å². The van der Waals surface area contributed by atoms with Crippen molar-refractivity contribution in [3.63, 3.8) is 0 Å². The van der Waals surface area contributed by atoms with Crippen LogP contribution in [0.15, 0.2) is 12.1 Å². The summed E-state index contributed by atoms with van der Waals surface area (Å²) in [6.07, 6.45) is 0. The Labute approximate surface area is 105 Å². The van der Waals surface area contributed by atoms with Gasteiger partial charge in [-0.2, -0.15) is 5.43 Å². The van der Waals surface area contributed by atoms with E-state index in [1.54, 1.807) is 0 Å². The highest BCUT2D eigenvalue weighted by atomic mass is 16.6. The van der Waals surface area contributed by atoms with Crippen molar-refractivity contribution in [2.24, 2.45) is 0 Å². The van der Waals surface area contributed by atoms with Gasteiger partial charge in [0.25, 0.3) is 5.69 Å². The van der Waals surface area contributed by atoms with Gasteiger partial charge in [0.15, 0.2) is 0 Å². The Hall–Kier alpha value is -2.82. The van der Waals surface area contributed by atoms with Crippen LogP contribution >= 0.6 is 0 Å². The molecule has 0 N–H and O–H groups in total. The van der Waals surface area contributed by atoms with Crippen LogP contribution in [0.1, 0.15) is 0 Å². The van der Waals surface area contributed by atoms with Crippen LogP contribution in [-0.2, 0) is 0 Å². The maximum absolute atomic E-state index is 10.8. The fraction of sp³-hybridized carbons (Fsp3) is 0.250. The normalized spacial score (nSPS) is 10.3. The maximum atomic E-state index is 10.8. The van der Waals surface area contributed by atoms with Crippen LogP contribution < -0.4 is 5.43 Å². The molecule has 0 fully saturated rings. The molecule has 101 valence electrons. The number of benzene rings is 1. The molecule has 0 aromatic heterocycles. The summed E-state index contributed by atoms with van der Waals surface area (Å²) < 4.78 is 0. The Morgan fingerprint density at radius 1 is 0.947 bits per heavy atom. The van der Waals surface area contributed by atoms with Crippen molar-refractivity contribution in [2.75, 3.05) is 14.1 Å². The second kappa shape index (κ2) is 5.22. The first-order valence-corrected chi connectivity index (χ1v) is 4.74. The molecule has 0 bridgehead atoms. The van der Waals surface area contributed by atoms with Gasteiger partial charge in [0, 0.05) is 14.1 Å². The molecule has 0 aliphatic rings. The average molecular weight is 270 g/mol. The van der Waals surface area contributed by atoms with Gasteiger partial charge in [-0.05, 0) is 0 Å². The number of nitro groups is 3. The second-order valence-corrected chi connectivity index (χ2v) is 3.55. The van der Waals surface area contributed by atoms with Crippen LogP contribution in [0.4, 0.5) is 22.7 Å². The number of hydrogen-bond acceptors (Lipinski definition) is 7. The van der Waals surface area contributed by atoms with Crippen molar-refractivity contribution in [1.29, 1.82) is 0 Å². The van der Waals surface area contributed by atoms with Gasteiger partial charge < -0.3 is 0 Å². The Kier molecular flexibility index (Phi) is 3.91. The van der Waals surface area contributed by atoms with Crippen LogP contribution in [0.5, 0.6) is 0 Å². The third-order valence-corrected chi connectivity index (χ3v) is 1.96. The molecular weight excluding hydrogens is 262 g/mol. The molecule has 0 amide bonds. The lowest BCUT2D eigenvalue weighted by Gasteiger charge is -2.09. The summed E-state index contributed by atoms with van der Waals surface area (Å²) in [7, 11) is 2.82. The van der Waals surface area contributed by atoms with E-state index in [-0.39, 0.29) is 0 Å². The predicted octanol–water partition coefficient (Wildman–Crippen LogP) is 1.12. The van der Waals surface area contributed by atoms with Crippen molar-refractivity contribution < 1.29 is 14.8 Å². The zero-order valence-corrected chi connectivity index (χ0v) is 9.84. The topological polar surface area (TPSA) is 147 Å². The highest BCUT2D eigenvalue weighted by molar-refractivity contribution is 5.73. The van der Waals surface area contributed by atoms with E-state index in [9.17, 15) is 30.3 Å². The van der Waals surface area contributed by atoms with Gasteiger partial charge in [0.1, 0.15) is 0 Å². The molecule has 0 aliphatic heterocycles. The SMILES string of the molecule is CN(C)[N]c1c([N+](=O)[O-])cc([N+](=O)[O-])cc1[N+](=O)[O-]. The minimum atomic E-state index is -0.956. The summed E-state index contributed by atoms with van der Waals surface area (Å²) in [5, 5.41) is 33.4. The van der Waals surface area contributed by atoms with Gasteiger partial charge >= 0.3 is 11.4 Å². The van der Waals surface area contributed by atoms with Crippen LogP contribution in [-0.4, -0.2) is 33.9 Å². The quantitative estimate of drug-likeness (QED) is 0.575. The Bertz CT molecular complexity index is 522. The van der Waals surface area contributed by atoms with Crippen molar-refractivity contribution in [2.45, 2.75) is 0 Å². The largest absolute Gasteiger partial charge is 0.310 e. The minimum absolute atomic E-state index is 0.536. The van der Waals surface area contributed by atoms with Crippen LogP contribution in [0.25, 0.3) is 0 Å². The van der Waals surface area contributed by atoms with E-state index in [2.05, 4.69) is 5.43 Å². The molecule has 1 aromatic rings. The van der Waals surface area contributed by atoms with Gasteiger partial charge in [0.05, 0.1) is 26.9 Å². The molecule has 0 unspecified atom stereocenters. The summed E-state index contributed by atoms with van der Waals surface area (Å²) >= 11 is 0. The standard InChI is InChI=1S/C8H8N5O6/c1-10(2)9-8-6(12(16)17)3-5(11(14)15)4-7(8)13(18)19/h3-4H,1-2H3. The highest BCUT2D eigenvalue weighted by Gasteiger charge is 2.32. The molecule has 1 aromatic carbocycles. The lowest BCUT2D eigenvalue weighted by Crippen LogP contribution is -2.20. The maximum Gasteiger partial charge on any atom is 0.310 e. The molecule has 1 radical (unpaired) electrons. The van der Waals surface area contributed by atoms with Crippen LogP contribution in [0.2, 0.25) is 0 Å². The van der Waals surface area contributed by atoms with Crippen molar-refractivity contribution in [3.8, 4) is 0 Å². The molecule has 0 atom stereocenters. The molecule has 0 aliphatic carbocycles. The molecule has 0 spiro atoms. The Balaban J connectivity index is 3.60. The highest BCUT2D eigenvalue weighted by Crippen LogP contribution is 2.38. The van der Waals surface area contributed by atoms with E-state index in [0.29, 0.717) is 12.1 Å². The molecule has 0 saturated heterocycles.